The van der Waals surface area contributed by atoms with Crippen LogP contribution in [-0.4, -0.2) is 34.9 Å². The molecule has 0 radical (unpaired) electrons. The van der Waals surface area contributed by atoms with Gasteiger partial charge in [0.2, 0.25) is 5.91 Å². The molecule has 2 amide bonds. The van der Waals surface area contributed by atoms with Gasteiger partial charge in [0.15, 0.2) is 6.61 Å². The Bertz CT molecular complexity index is 1460. The van der Waals surface area contributed by atoms with Crippen molar-refractivity contribution in [1.82, 2.24) is 9.97 Å². The number of aromatic nitrogens is 2. The van der Waals surface area contributed by atoms with Crippen LogP contribution in [0.1, 0.15) is 43.3 Å². The zero-order valence-electron chi connectivity index (χ0n) is 21.7. The van der Waals surface area contributed by atoms with E-state index >= 15 is 0 Å². The number of nitrogens with zero attached hydrogens (tertiary/aromatic N) is 2. The van der Waals surface area contributed by atoms with Crippen molar-refractivity contribution in [2.24, 2.45) is 0 Å². The van der Waals surface area contributed by atoms with Crippen molar-refractivity contribution < 1.29 is 14.3 Å². The quantitative estimate of drug-likeness (QED) is 0.378. The Balaban J connectivity index is 1.21. The van der Waals surface area contributed by atoms with E-state index in [1.807, 2.05) is 48.5 Å². The molecule has 0 spiro atoms. The second kappa shape index (κ2) is 9.73. The number of fused-ring (bicyclic) bond motifs is 2. The van der Waals surface area contributed by atoms with Gasteiger partial charge in [0.05, 0.1) is 16.7 Å². The second-order valence-electron chi connectivity index (χ2n) is 10.7. The van der Waals surface area contributed by atoms with E-state index in [-0.39, 0.29) is 30.4 Å². The lowest BCUT2D eigenvalue weighted by Gasteiger charge is -2.31. The van der Waals surface area contributed by atoms with Gasteiger partial charge in [0, 0.05) is 12.1 Å². The van der Waals surface area contributed by atoms with Crippen molar-refractivity contribution in [2.75, 3.05) is 23.4 Å². The molecule has 190 valence electrons. The van der Waals surface area contributed by atoms with Crippen LogP contribution in [0.3, 0.4) is 0 Å². The van der Waals surface area contributed by atoms with Gasteiger partial charge in [-0.05, 0) is 71.8 Å². The molecule has 0 unspecified atom stereocenters. The molecule has 0 saturated heterocycles. The number of carbonyl (C=O) groups is 2. The van der Waals surface area contributed by atoms with Crippen LogP contribution in [0.25, 0.3) is 11.0 Å². The first-order valence-electron chi connectivity index (χ1n) is 12.6. The smallest absolute Gasteiger partial charge is 0.265 e. The molecule has 2 N–H and O–H groups in total. The number of carbonyl (C=O) groups excluding carboxylic acids is 2. The number of amides is 2. The van der Waals surface area contributed by atoms with Gasteiger partial charge in [-0.2, -0.15) is 0 Å². The van der Waals surface area contributed by atoms with Crippen LogP contribution >= 0.6 is 0 Å². The molecule has 2 heterocycles. The third kappa shape index (κ3) is 5.50. The number of ether oxygens (including phenoxy) is 1. The predicted octanol–water partition coefficient (Wildman–Crippen LogP) is 5.32. The fourth-order valence-electron chi connectivity index (χ4n) is 4.50. The number of imidazole rings is 1. The molecule has 7 nitrogen and oxygen atoms in total. The summed E-state index contributed by atoms with van der Waals surface area (Å²) in [5.41, 5.74) is 6.71. The Morgan fingerprint density at radius 2 is 1.84 bits per heavy atom. The van der Waals surface area contributed by atoms with Crippen LogP contribution in [-0.2, 0) is 27.8 Å². The normalized spacial score (nSPS) is 13.4. The van der Waals surface area contributed by atoms with Crippen molar-refractivity contribution in [3.63, 3.8) is 0 Å². The summed E-state index contributed by atoms with van der Waals surface area (Å²) in [7, 11) is 0. The maximum atomic E-state index is 12.9. The summed E-state index contributed by atoms with van der Waals surface area (Å²) in [5, 5.41) is 2.92. The van der Waals surface area contributed by atoms with Crippen LogP contribution in [0.4, 0.5) is 11.4 Å². The summed E-state index contributed by atoms with van der Waals surface area (Å²) in [6.45, 7) is 8.25. The lowest BCUT2D eigenvalue weighted by molar-refractivity contribution is -0.123. The van der Waals surface area contributed by atoms with Gasteiger partial charge in [-0.25, -0.2) is 4.98 Å². The largest absolute Gasteiger partial charge is 0.482 e. The number of benzene rings is 3. The Morgan fingerprint density at radius 1 is 1.05 bits per heavy atom. The zero-order chi connectivity index (χ0) is 26.2. The van der Waals surface area contributed by atoms with Crippen molar-refractivity contribution in [3.8, 4) is 5.75 Å². The molecule has 4 aromatic rings. The highest BCUT2D eigenvalue weighted by Crippen LogP contribution is 2.36. The molecular formula is C30H32N4O3. The van der Waals surface area contributed by atoms with Crippen molar-refractivity contribution in [2.45, 2.75) is 46.0 Å². The maximum Gasteiger partial charge on any atom is 0.265 e. The molecule has 3 aromatic carbocycles. The second-order valence-corrected chi connectivity index (χ2v) is 10.7. The minimum atomic E-state index is -0.257. The van der Waals surface area contributed by atoms with Gasteiger partial charge in [-0.3, -0.25) is 14.5 Å². The van der Waals surface area contributed by atoms with Gasteiger partial charge < -0.3 is 15.0 Å². The van der Waals surface area contributed by atoms with E-state index in [1.165, 1.54) is 10.5 Å². The average Bonchev–Trinajstić information content (AvgIpc) is 3.26. The molecule has 7 heteroatoms. The number of anilines is 2. The topological polar surface area (TPSA) is 87.3 Å². The van der Waals surface area contributed by atoms with Crippen LogP contribution < -0.4 is 15.0 Å². The van der Waals surface area contributed by atoms with Crippen molar-refractivity contribution in [1.29, 1.82) is 0 Å². The average molecular weight is 497 g/mol. The first-order chi connectivity index (χ1) is 17.7. The highest BCUT2D eigenvalue weighted by atomic mass is 16.5. The third-order valence-electron chi connectivity index (χ3n) is 6.64. The molecular weight excluding hydrogens is 464 g/mol. The van der Waals surface area contributed by atoms with Crippen LogP contribution in [0.2, 0.25) is 0 Å². The predicted molar refractivity (Wildman–Crippen MR) is 146 cm³/mol. The first kappa shape index (κ1) is 24.6. The van der Waals surface area contributed by atoms with Crippen molar-refractivity contribution in [3.05, 3.63) is 83.2 Å². The Hall–Kier alpha value is -4.13. The van der Waals surface area contributed by atoms with Gasteiger partial charge in [-0.15, -0.1) is 0 Å². The van der Waals surface area contributed by atoms with E-state index in [2.05, 4.69) is 55.1 Å². The third-order valence-corrected chi connectivity index (χ3v) is 6.64. The van der Waals surface area contributed by atoms with E-state index in [9.17, 15) is 9.59 Å². The lowest BCUT2D eigenvalue weighted by Crippen LogP contribution is -2.43. The van der Waals surface area contributed by atoms with Gasteiger partial charge in [-0.1, -0.05) is 45.0 Å². The Morgan fingerprint density at radius 3 is 2.59 bits per heavy atom. The van der Waals surface area contributed by atoms with Crippen molar-refractivity contribution >= 4 is 34.2 Å². The fraction of sp³-hybridized carbons (Fsp3) is 0.300. The Kier molecular flexibility index (Phi) is 6.46. The number of aryl methyl sites for hydroxylation is 3. The summed E-state index contributed by atoms with van der Waals surface area (Å²) in [6, 6.07) is 19.8. The van der Waals surface area contributed by atoms with E-state index in [0.717, 1.165) is 40.8 Å². The van der Waals surface area contributed by atoms with Gasteiger partial charge >= 0.3 is 0 Å². The molecule has 1 aliphatic rings. The molecule has 0 bridgehead atoms. The molecule has 37 heavy (non-hydrogen) atoms. The van der Waals surface area contributed by atoms with Gasteiger partial charge in [0.1, 0.15) is 18.1 Å². The summed E-state index contributed by atoms with van der Waals surface area (Å²) < 4.78 is 5.59. The monoisotopic (exact) mass is 496 g/mol. The van der Waals surface area contributed by atoms with Gasteiger partial charge in [0.25, 0.3) is 5.91 Å². The number of aromatic amines is 1. The highest BCUT2D eigenvalue weighted by Gasteiger charge is 2.29. The zero-order valence-corrected chi connectivity index (χ0v) is 21.7. The van der Waals surface area contributed by atoms with Crippen LogP contribution in [0.5, 0.6) is 5.75 Å². The molecule has 0 atom stereocenters. The molecule has 0 saturated carbocycles. The summed E-state index contributed by atoms with van der Waals surface area (Å²) in [5.74, 6) is 1.09. The first-order valence-corrected chi connectivity index (χ1v) is 12.6. The molecule has 1 aromatic heterocycles. The van der Waals surface area contributed by atoms with E-state index < -0.39 is 0 Å². The molecule has 0 aliphatic carbocycles. The standard InChI is InChI=1S/C30H32N4O3/c1-19-5-12-23-24(15-19)33-27(32-23)14-8-20-6-10-22(11-7-20)31-28(35)17-34-25-16-21(30(2,3)4)9-13-26(25)37-18-29(34)36/h5-7,9-13,15-16H,8,14,17-18H2,1-4H3,(H,31,35)(H,32,33). The van der Waals surface area contributed by atoms with E-state index in [0.29, 0.717) is 17.1 Å². The fourth-order valence-corrected chi connectivity index (χ4v) is 4.50. The maximum absolute atomic E-state index is 12.9. The summed E-state index contributed by atoms with van der Waals surface area (Å²) in [4.78, 5) is 35.1. The SMILES string of the molecule is Cc1ccc2nc(CCc3ccc(NC(=O)CN4C(=O)COc5ccc(C(C)(C)C)cc54)cc3)[nH]c2c1. The number of nitrogens with one attached hydrogen (secondary N) is 2. The lowest BCUT2D eigenvalue weighted by atomic mass is 9.86. The molecule has 5 rings (SSSR count). The van der Waals surface area contributed by atoms with Crippen LogP contribution in [0.15, 0.2) is 60.7 Å². The minimum Gasteiger partial charge on any atom is -0.482 e. The number of rotatable bonds is 6. The number of hydrogen-bond donors (Lipinski definition) is 2. The highest BCUT2D eigenvalue weighted by molar-refractivity contribution is 6.05. The minimum absolute atomic E-state index is 0.0733. The van der Waals surface area contributed by atoms with E-state index in [1.54, 1.807) is 0 Å². The summed E-state index contributed by atoms with van der Waals surface area (Å²) in [6.07, 6.45) is 1.64. The summed E-state index contributed by atoms with van der Waals surface area (Å²) >= 11 is 0. The number of hydrogen-bond acceptors (Lipinski definition) is 4. The van der Waals surface area contributed by atoms with Crippen LogP contribution in [0, 0.1) is 6.92 Å². The Labute approximate surface area is 216 Å². The molecule has 1 aliphatic heterocycles. The van der Waals surface area contributed by atoms with E-state index in [4.69, 9.17) is 4.74 Å². The number of H-pyrrole nitrogens is 1. The molecule has 0 fully saturated rings.